The van der Waals surface area contributed by atoms with Crippen molar-refractivity contribution < 1.29 is 28.2 Å². The summed E-state index contributed by atoms with van der Waals surface area (Å²) in [6, 6.07) is 8.39. The molecule has 2 fully saturated rings. The molecule has 2 aromatic carbocycles. The van der Waals surface area contributed by atoms with Crippen LogP contribution in [0.25, 0.3) is 39.1 Å². The van der Waals surface area contributed by atoms with Gasteiger partial charge in [-0.2, -0.15) is 5.10 Å². The van der Waals surface area contributed by atoms with Crippen molar-refractivity contribution in [3.8, 4) is 22.5 Å². The number of hydrogen-bond donors (Lipinski definition) is 1. The number of imidazole rings is 1. The fraction of sp³-hybridized carbons (Fsp3) is 0.364. The zero-order valence-corrected chi connectivity index (χ0v) is 24.9. The number of ether oxygens (including phenoxy) is 1. The topological polar surface area (TPSA) is 115 Å². The summed E-state index contributed by atoms with van der Waals surface area (Å²) in [6.07, 6.45) is 7.01. The Bertz CT molecular complexity index is 1960. The Balaban J connectivity index is 1.20. The molecule has 1 saturated heterocycles. The first kappa shape index (κ1) is 28.9. The summed E-state index contributed by atoms with van der Waals surface area (Å²) >= 11 is 0. The van der Waals surface area contributed by atoms with Gasteiger partial charge in [-0.3, -0.25) is 14.2 Å². The van der Waals surface area contributed by atoms with Crippen molar-refractivity contribution >= 4 is 28.6 Å². The van der Waals surface area contributed by atoms with E-state index in [-0.39, 0.29) is 29.8 Å². The number of carbonyl (C=O) groups is 2. The number of hydrogen-bond acceptors (Lipinski definition) is 6. The van der Waals surface area contributed by atoms with Gasteiger partial charge in [-0.1, -0.05) is 13.8 Å². The number of aliphatic carboxylic acids is 1. The van der Waals surface area contributed by atoms with Crippen LogP contribution >= 0.6 is 0 Å². The van der Waals surface area contributed by atoms with Crippen LogP contribution < -0.4 is 0 Å². The fourth-order valence-electron chi connectivity index (χ4n) is 6.10. The smallest absolute Gasteiger partial charge is 0.411 e. The maximum absolute atomic E-state index is 16.3. The number of halogens is 2. The highest BCUT2D eigenvalue weighted by atomic mass is 19.1. The van der Waals surface area contributed by atoms with E-state index in [1.54, 1.807) is 30.5 Å². The summed E-state index contributed by atoms with van der Waals surface area (Å²) in [6.45, 7) is 4.26. The van der Waals surface area contributed by atoms with E-state index < -0.39 is 23.8 Å². The second kappa shape index (κ2) is 11.2. The molecule has 1 saturated carbocycles. The highest BCUT2D eigenvalue weighted by molar-refractivity contribution is 5.86. The molecule has 1 aliphatic carbocycles. The average Bonchev–Trinajstić information content (AvgIpc) is 3.69. The molecule has 1 N–H and O–H groups in total. The number of nitrogens with zero attached hydrogens (tertiary/aromatic N) is 6. The number of carboxylic acids is 1. The summed E-state index contributed by atoms with van der Waals surface area (Å²) in [4.78, 5) is 34.7. The first-order valence-electron chi connectivity index (χ1n) is 15.2. The Hall–Kier alpha value is -4.87. The number of amides is 1. The van der Waals surface area contributed by atoms with Crippen LogP contribution in [-0.2, 0) is 16.3 Å². The standard InChI is InChI=1S/C33H32F2N6O4/c1-18(2)23-13-21(5-7-25(23)34)26-16-40-28(15-36-26)38-30(19-3-4-19)31(40)22-6-8-27-24(29(22)35)14-37-41(27)17-45-33(44)39-11-9-20(10-12-39)32(42)43/h5-8,13-16,18-20H,3-4,9-12,17H2,1-2H3,(H,42,43). The van der Waals surface area contributed by atoms with Crippen LogP contribution in [0.3, 0.4) is 0 Å². The number of benzene rings is 2. The first-order valence-corrected chi connectivity index (χ1v) is 15.2. The molecule has 232 valence electrons. The fourth-order valence-corrected chi connectivity index (χ4v) is 6.10. The number of fused-ring (bicyclic) bond motifs is 2. The number of carboxylic acid groups (broad SMARTS) is 1. The molecule has 7 rings (SSSR count). The van der Waals surface area contributed by atoms with Gasteiger partial charge < -0.3 is 14.7 Å². The third kappa shape index (κ3) is 5.27. The highest BCUT2D eigenvalue weighted by Gasteiger charge is 2.32. The van der Waals surface area contributed by atoms with E-state index in [1.165, 1.54) is 21.8 Å². The number of aromatic nitrogens is 5. The van der Waals surface area contributed by atoms with Crippen molar-refractivity contribution in [2.24, 2.45) is 5.92 Å². The van der Waals surface area contributed by atoms with Crippen molar-refractivity contribution in [2.75, 3.05) is 13.1 Å². The Morgan fingerprint density at radius 2 is 1.84 bits per heavy atom. The van der Waals surface area contributed by atoms with Gasteiger partial charge in [0, 0.05) is 36.3 Å². The molecule has 0 radical (unpaired) electrons. The van der Waals surface area contributed by atoms with E-state index in [1.807, 2.05) is 24.4 Å². The summed E-state index contributed by atoms with van der Waals surface area (Å²) in [5.41, 5.74) is 4.85. The second-order valence-electron chi connectivity index (χ2n) is 12.2. The van der Waals surface area contributed by atoms with Gasteiger partial charge in [0.15, 0.2) is 12.4 Å². The van der Waals surface area contributed by atoms with Crippen molar-refractivity contribution in [3.05, 3.63) is 71.8 Å². The second-order valence-corrected chi connectivity index (χ2v) is 12.2. The molecule has 5 aromatic rings. The van der Waals surface area contributed by atoms with Gasteiger partial charge in [-0.15, -0.1) is 0 Å². The third-order valence-corrected chi connectivity index (χ3v) is 8.84. The van der Waals surface area contributed by atoms with Crippen molar-refractivity contribution in [3.63, 3.8) is 0 Å². The van der Waals surface area contributed by atoms with E-state index in [0.29, 0.717) is 59.6 Å². The van der Waals surface area contributed by atoms with E-state index in [9.17, 15) is 19.1 Å². The minimum atomic E-state index is -0.856. The largest absolute Gasteiger partial charge is 0.481 e. The van der Waals surface area contributed by atoms with E-state index in [2.05, 4.69) is 10.1 Å². The van der Waals surface area contributed by atoms with E-state index >= 15 is 4.39 Å². The van der Waals surface area contributed by atoms with Crippen LogP contribution in [-0.4, -0.2) is 59.3 Å². The predicted octanol–water partition coefficient (Wildman–Crippen LogP) is 6.58. The molecule has 1 aliphatic heterocycles. The third-order valence-electron chi connectivity index (χ3n) is 8.84. The van der Waals surface area contributed by atoms with Crippen LogP contribution in [0.15, 0.2) is 48.9 Å². The predicted molar refractivity (Wildman–Crippen MR) is 162 cm³/mol. The van der Waals surface area contributed by atoms with Crippen LogP contribution in [0.5, 0.6) is 0 Å². The molecular weight excluding hydrogens is 582 g/mol. The lowest BCUT2D eigenvalue weighted by Crippen LogP contribution is -2.40. The van der Waals surface area contributed by atoms with Crippen molar-refractivity contribution in [2.45, 2.75) is 58.1 Å². The van der Waals surface area contributed by atoms with Crippen molar-refractivity contribution in [1.82, 2.24) is 29.0 Å². The zero-order chi connectivity index (χ0) is 31.4. The SMILES string of the molecule is CC(C)c1cc(-c2cn3c(-c4ccc5c(cnn5COC(=O)N5CCC(C(=O)O)CC5)c4F)c(C4CC4)nc3cn2)ccc1F. The zero-order valence-electron chi connectivity index (χ0n) is 24.9. The Kier molecular flexibility index (Phi) is 7.22. The first-order chi connectivity index (χ1) is 21.7. The summed E-state index contributed by atoms with van der Waals surface area (Å²) in [5.74, 6) is -1.82. The highest BCUT2D eigenvalue weighted by Crippen LogP contribution is 2.45. The minimum Gasteiger partial charge on any atom is -0.481 e. The molecule has 1 amide bonds. The lowest BCUT2D eigenvalue weighted by atomic mass is 9.97. The van der Waals surface area contributed by atoms with Gasteiger partial charge in [0.25, 0.3) is 0 Å². The van der Waals surface area contributed by atoms with Crippen LogP contribution in [0, 0.1) is 17.6 Å². The summed E-state index contributed by atoms with van der Waals surface area (Å²) in [5, 5.41) is 13.8. The molecule has 2 aliphatic rings. The molecule has 10 nitrogen and oxygen atoms in total. The van der Waals surface area contributed by atoms with E-state index in [4.69, 9.17) is 9.72 Å². The minimum absolute atomic E-state index is 0.000518. The normalized spacial score (nSPS) is 15.8. The number of rotatable bonds is 7. The Morgan fingerprint density at radius 1 is 1.07 bits per heavy atom. The maximum Gasteiger partial charge on any atom is 0.411 e. The van der Waals surface area contributed by atoms with Gasteiger partial charge in [0.05, 0.1) is 46.3 Å². The van der Waals surface area contributed by atoms with Gasteiger partial charge in [-0.25, -0.2) is 23.2 Å². The maximum atomic E-state index is 16.3. The van der Waals surface area contributed by atoms with Gasteiger partial charge in [0.1, 0.15) is 11.6 Å². The summed E-state index contributed by atoms with van der Waals surface area (Å²) in [7, 11) is 0. The quantitative estimate of drug-likeness (QED) is 0.220. The lowest BCUT2D eigenvalue weighted by molar-refractivity contribution is -0.143. The number of likely N-dealkylation sites (tertiary alicyclic amines) is 1. The van der Waals surface area contributed by atoms with E-state index in [0.717, 1.165) is 24.1 Å². The number of carbonyl (C=O) groups excluding carboxylic acids is 1. The molecular formula is C33H32F2N6O4. The molecule has 0 unspecified atom stereocenters. The van der Waals surface area contributed by atoms with Gasteiger partial charge in [-0.05, 0) is 67.5 Å². The van der Waals surface area contributed by atoms with Crippen molar-refractivity contribution in [1.29, 1.82) is 0 Å². The van der Waals surface area contributed by atoms with Crippen LogP contribution in [0.1, 0.15) is 62.6 Å². The van der Waals surface area contributed by atoms with Gasteiger partial charge in [0.2, 0.25) is 0 Å². The molecule has 4 heterocycles. The molecule has 3 aromatic heterocycles. The Morgan fingerprint density at radius 3 is 2.56 bits per heavy atom. The Labute approximate surface area is 257 Å². The molecule has 12 heteroatoms. The average molecular weight is 615 g/mol. The lowest BCUT2D eigenvalue weighted by Gasteiger charge is -2.29. The molecule has 45 heavy (non-hydrogen) atoms. The molecule has 0 bridgehead atoms. The molecule has 0 spiro atoms. The number of piperidine rings is 1. The summed E-state index contributed by atoms with van der Waals surface area (Å²) < 4.78 is 39.5. The monoisotopic (exact) mass is 614 g/mol. The van der Waals surface area contributed by atoms with Crippen LogP contribution in [0.2, 0.25) is 0 Å². The molecule has 0 atom stereocenters. The van der Waals surface area contributed by atoms with Gasteiger partial charge >= 0.3 is 12.1 Å². The van der Waals surface area contributed by atoms with Crippen LogP contribution in [0.4, 0.5) is 13.6 Å².